The van der Waals surface area contributed by atoms with Crippen molar-refractivity contribution in [3.8, 4) is 17.4 Å². The lowest BCUT2D eigenvalue weighted by Crippen LogP contribution is -2.58. The van der Waals surface area contributed by atoms with Crippen molar-refractivity contribution >= 4 is 50.2 Å². The molecule has 13 nitrogen and oxygen atoms in total. The number of hydrogen-bond donors (Lipinski definition) is 3. The highest BCUT2D eigenvalue weighted by molar-refractivity contribution is 7.91. The molecule has 3 amide bonds. The van der Waals surface area contributed by atoms with Crippen LogP contribution in [-0.2, 0) is 24.4 Å². The number of nitrogens with two attached hydrogens (primary N) is 1. The van der Waals surface area contributed by atoms with Gasteiger partial charge in [-0.15, -0.1) is 0 Å². The zero-order valence-electron chi connectivity index (χ0n) is 28.9. The topological polar surface area (TPSA) is 179 Å². The summed E-state index contributed by atoms with van der Waals surface area (Å²) >= 11 is 6.42. The van der Waals surface area contributed by atoms with E-state index < -0.39 is 62.1 Å². The van der Waals surface area contributed by atoms with Crippen LogP contribution in [0, 0.1) is 5.92 Å². The maximum Gasteiger partial charge on any atom is 0.259 e. The van der Waals surface area contributed by atoms with E-state index in [0.29, 0.717) is 46.7 Å². The standard InChI is InChI=1S/C35H46ClN5O8S/c1-20(2)48-28-17-27(23-12-13-24(36)30(47-4)29(23)38-28)49-22-16-26-31(42)39-35(33(44)40-50(45,46)34(3)14-15-34)18-21(35)10-8-6-5-7-9-11-25(37)32(43)41(26)19-22/h8,10,12-13,17,20-22,25-26H,5-7,9,11,14-16,18-19,37H2,1-4H3,(H,39,42)(H,40,44)/b10-8-/t21?,22-,25+,26+,35-/m1/s1. The number of pyridine rings is 1. The van der Waals surface area contributed by atoms with Gasteiger partial charge < -0.3 is 30.2 Å². The molecule has 1 aromatic carbocycles. The molecule has 50 heavy (non-hydrogen) atoms. The van der Waals surface area contributed by atoms with E-state index in [1.165, 1.54) is 12.0 Å². The number of nitrogens with one attached hydrogen (secondary N) is 2. The number of allylic oxidation sites excluding steroid dienone is 1. The maximum atomic E-state index is 14.2. The van der Waals surface area contributed by atoms with Crippen molar-refractivity contribution in [1.29, 1.82) is 0 Å². The highest BCUT2D eigenvalue weighted by atomic mass is 35.5. The Bertz CT molecular complexity index is 1820. The second-order valence-electron chi connectivity index (χ2n) is 14.4. The Kier molecular flexibility index (Phi) is 10.0. The third-order valence-electron chi connectivity index (χ3n) is 10.2. The Labute approximate surface area is 297 Å². The van der Waals surface area contributed by atoms with Crippen LogP contribution in [0.4, 0.5) is 0 Å². The maximum absolute atomic E-state index is 14.2. The van der Waals surface area contributed by atoms with Gasteiger partial charge >= 0.3 is 0 Å². The summed E-state index contributed by atoms with van der Waals surface area (Å²) in [5.74, 6) is -1.12. The molecule has 0 radical (unpaired) electrons. The molecule has 5 atom stereocenters. The number of fused-ring (bicyclic) bond motifs is 3. The number of halogens is 1. The van der Waals surface area contributed by atoms with E-state index in [0.717, 1.165) is 25.7 Å². The van der Waals surface area contributed by atoms with Gasteiger partial charge in [0.25, 0.3) is 5.91 Å². The molecule has 1 aromatic heterocycles. The first-order valence-electron chi connectivity index (χ1n) is 17.3. The summed E-state index contributed by atoms with van der Waals surface area (Å²) in [5, 5.41) is 3.83. The van der Waals surface area contributed by atoms with E-state index in [4.69, 9.17) is 31.5 Å². The highest BCUT2D eigenvalue weighted by Gasteiger charge is 2.63. The van der Waals surface area contributed by atoms with Gasteiger partial charge in [0, 0.05) is 23.8 Å². The summed E-state index contributed by atoms with van der Waals surface area (Å²) in [6.07, 6.45) is 7.90. The van der Waals surface area contributed by atoms with E-state index in [1.54, 1.807) is 25.1 Å². The number of ether oxygens (including phenoxy) is 3. The fourth-order valence-electron chi connectivity index (χ4n) is 6.80. The van der Waals surface area contributed by atoms with Gasteiger partial charge in [-0.3, -0.25) is 19.1 Å². The molecule has 2 aromatic rings. The van der Waals surface area contributed by atoms with Crippen LogP contribution in [0.25, 0.3) is 10.9 Å². The fraction of sp³-hybridized carbons (Fsp3) is 0.600. The predicted octanol–water partition coefficient (Wildman–Crippen LogP) is 3.75. The molecule has 1 saturated heterocycles. The predicted molar refractivity (Wildman–Crippen MR) is 187 cm³/mol. The molecule has 1 unspecified atom stereocenters. The Balaban J connectivity index is 1.31. The Morgan fingerprint density at radius 3 is 2.66 bits per heavy atom. The normalized spacial score (nSPS) is 28.8. The number of carbonyl (C=O) groups excluding carboxylic acids is 3. The zero-order chi connectivity index (χ0) is 36.0. The van der Waals surface area contributed by atoms with Crippen LogP contribution in [0.5, 0.6) is 17.4 Å². The highest BCUT2D eigenvalue weighted by Crippen LogP contribution is 2.48. The first kappa shape index (κ1) is 36.2. The number of nitrogens with zero attached hydrogens (tertiary/aromatic N) is 2. The summed E-state index contributed by atoms with van der Waals surface area (Å²) in [7, 11) is -2.46. The monoisotopic (exact) mass is 731 g/mol. The number of sulfonamides is 1. The number of rotatable bonds is 8. The van der Waals surface area contributed by atoms with Crippen LogP contribution in [0.1, 0.15) is 78.6 Å². The van der Waals surface area contributed by atoms with Crippen molar-refractivity contribution in [2.45, 2.75) is 113 Å². The molecule has 6 rings (SSSR count). The third kappa shape index (κ3) is 7.11. The number of hydrogen-bond acceptors (Lipinski definition) is 10. The van der Waals surface area contributed by atoms with Crippen molar-refractivity contribution < 1.29 is 37.0 Å². The molecule has 3 heterocycles. The van der Waals surface area contributed by atoms with E-state index in [-0.39, 0.29) is 31.4 Å². The van der Waals surface area contributed by atoms with Crippen LogP contribution >= 0.6 is 11.6 Å². The number of amides is 3. The number of methoxy groups -OCH3 is 1. The van der Waals surface area contributed by atoms with Crippen molar-refractivity contribution in [3.05, 3.63) is 35.4 Å². The summed E-state index contributed by atoms with van der Waals surface area (Å²) in [4.78, 5) is 47.8. The molecular formula is C35H46ClN5O8S. The summed E-state index contributed by atoms with van der Waals surface area (Å²) in [5.41, 5.74) is 5.36. The molecule has 3 fully saturated rings. The SMILES string of the molecule is COc1c(Cl)ccc2c(O[C@@H]3C[C@H]4C(=O)N[C@]5(C(=O)NS(=O)(=O)C6(C)CC6)CC5/C=C\CCCCC[C@H](N)C(=O)N4C3)cc(OC(C)C)nc12. The van der Waals surface area contributed by atoms with Gasteiger partial charge in [0.15, 0.2) is 5.75 Å². The molecule has 4 aliphatic rings. The molecule has 272 valence electrons. The van der Waals surface area contributed by atoms with Crippen LogP contribution in [0.2, 0.25) is 5.02 Å². The smallest absolute Gasteiger partial charge is 0.259 e. The van der Waals surface area contributed by atoms with Crippen molar-refractivity contribution in [2.24, 2.45) is 11.7 Å². The Morgan fingerprint density at radius 1 is 1.20 bits per heavy atom. The lowest BCUT2D eigenvalue weighted by molar-refractivity contribution is -0.140. The number of carbonyl (C=O) groups is 3. The van der Waals surface area contributed by atoms with Gasteiger partial charge in [-0.2, -0.15) is 0 Å². The second kappa shape index (κ2) is 13.8. The lowest BCUT2D eigenvalue weighted by Gasteiger charge is -2.28. The minimum atomic E-state index is -3.95. The van der Waals surface area contributed by atoms with Crippen molar-refractivity contribution in [3.63, 3.8) is 0 Å². The molecule has 2 aliphatic carbocycles. The van der Waals surface area contributed by atoms with Gasteiger partial charge in [0.2, 0.25) is 27.7 Å². The van der Waals surface area contributed by atoms with E-state index in [9.17, 15) is 22.8 Å². The minimum absolute atomic E-state index is 0.0504. The molecule has 15 heteroatoms. The van der Waals surface area contributed by atoms with Gasteiger partial charge in [-0.05, 0) is 71.4 Å². The van der Waals surface area contributed by atoms with E-state index >= 15 is 0 Å². The quantitative estimate of drug-likeness (QED) is 0.339. The number of aromatic nitrogens is 1. The van der Waals surface area contributed by atoms with Crippen LogP contribution in [0.3, 0.4) is 0 Å². The summed E-state index contributed by atoms with van der Waals surface area (Å²) in [6, 6.07) is 3.21. The molecule has 2 saturated carbocycles. The molecule has 4 N–H and O–H groups in total. The first-order chi connectivity index (χ1) is 23.7. The first-order valence-corrected chi connectivity index (χ1v) is 19.2. The molecule has 0 spiro atoms. The van der Waals surface area contributed by atoms with Gasteiger partial charge in [0.05, 0.1) is 35.6 Å². The summed E-state index contributed by atoms with van der Waals surface area (Å²) < 4.78 is 45.4. The molecular weight excluding hydrogens is 686 g/mol. The average molecular weight is 732 g/mol. The lowest BCUT2D eigenvalue weighted by atomic mass is 10.1. The number of benzene rings is 1. The minimum Gasteiger partial charge on any atom is -0.493 e. The zero-order valence-corrected chi connectivity index (χ0v) is 30.4. The molecule has 2 aliphatic heterocycles. The second-order valence-corrected chi connectivity index (χ2v) is 17.0. The fourth-order valence-corrected chi connectivity index (χ4v) is 8.34. The van der Waals surface area contributed by atoms with Gasteiger partial charge in [-0.25, -0.2) is 13.4 Å². The van der Waals surface area contributed by atoms with Crippen molar-refractivity contribution in [1.82, 2.24) is 19.9 Å². The van der Waals surface area contributed by atoms with Crippen LogP contribution in [-0.4, -0.2) is 84.3 Å². The van der Waals surface area contributed by atoms with E-state index in [1.807, 2.05) is 26.0 Å². The molecule has 0 bridgehead atoms. The van der Waals surface area contributed by atoms with Crippen LogP contribution < -0.4 is 30.0 Å². The van der Waals surface area contributed by atoms with Crippen molar-refractivity contribution in [2.75, 3.05) is 13.7 Å². The van der Waals surface area contributed by atoms with Gasteiger partial charge in [0.1, 0.15) is 29.0 Å². The van der Waals surface area contributed by atoms with Gasteiger partial charge in [-0.1, -0.05) is 36.6 Å². The Hall–Kier alpha value is -3.62. The summed E-state index contributed by atoms with van der Waals surface area (Å²) in [6.45, 7) is 5.38. The Morgan fingerprint density at radius 2 is 1.96 bits per heavy atom. The van der Waals surface area contributed by atoms with Crippen LogP contribution in [0.15, 0.2) is 30.4 Å². The van der Waals surface area contributed by atoms with E-state index in [2.05, 4.69) is 15.0 Å². The average Bonchev–Trinajstić information content (AvgIpc) is 3.93. The third-order valence-corrected chi connectivity index (χ3v) is 12.7. The largest absolute Gasteiger partial charge is 0.493 e.